The first-order valence-electron chi connectivity index (χ1n) is 6.23. The fourth-order valence-corrected chi connectivity index (χ4v) is 2.81. The summed E-state index contributed by atoms with van der Waals surface area (Å²) in [7, 11) is 0. The highest BCUT2D eigenvalue weighted by Gasteiger charge is 2.16. The van der Waals surface area contributed by atoms with Gasteiger partial charge in [0.05, 0.1) is 11.2 Å². The van der Waals surface area contributed by atoms with Gasteiger partial charge in [0.15, 0.2) is 0 Å². The number of hydrogen-bond donors (Lipinski definition) is 2. The molecule has 0 fully saturated rings. The summed E-state index contributed by atoms with van der Waals surface area (Å²) in [5, 5.41) is 4.48. The molecule has 0 amide bonds. The maximum atomic E-state index is 12.1. The van der Waals surface area contributed by atoms with Crippen LogP contribution >= 0.6 is 15.9 Å². The lowest BCUT2D eigenvalue weighted by Gasteiger charge is -2.19. The second-order valence-electron chi connectivity index (χ2n) is 4.76. The van der Waals surface area contributed by atoms with Crippen LogP contribution in [0.4, 0.5) is 5.69 Å². The molecule has 4 heteroatoms. The van der Waals surface area contributed by atoms with Crippen molar-refractivity contribution in [2.75, 3.05) is 11.9 Å². The van der Waals surface area contributed by atoms with Crippen LogP contribution in [0.15, 0.2) is 23.0 Å². The molecule has 1 unspecified atom stereocenters. The van der Waals surface area contributed by atoms with E-state index in [1.165, 1.54) is 5.56 Å². The molecule has 1 aromatic carbocycles. The van der Waals surface area contributed by atoms with Gasteiger partial charge in [-0.05, 0) is 31.4 Å². The van der Waals surface area contributed by atoms with Gasteiger partial charge in [-0.3, -0.25) is 4.79 Å². The summed E-state index contributed by atoms with van der Waals surface area (Å²) in [6, 6.07) is 6.25. The van der Waals surface area contributed by atoms with Crippen molar-refractivity contribution in [2.24, 2.45) is 0 Å². The van der Waals surface area contributed by atoms with Gasteiger partial charge in [-0.2, -0.15) is 0 Å². The first-order chi connectivity index (χ1) is 8.66. The number of H-pyrrole nitrogens is 1. The molecular weight excluding hydrogens is 292 g/mol. The number of fused-ring (bicyclic) bond motifs is 3. The average Bonchev–Trinajstić information content (AvgIpc) is 2.38. The van der Waals surface area contributed by atoms with Gasteiger partial charge in [-0.25, -0.2) is 0 Å². The van der Waals surface area contributed by atoms with E-state index in [0.717, 1.165) is 41.5 Å². The Hall–Kier alpha value is -1.29. The number of alkyl halides is 1. The molecule has 0 aliphatic carbocycles. The molecule has 0 spiro atoms. The maximum absolute atomic E-state index is 12.1. The number of aromatic amines is 1. The van der Waals surface area contributed by atoms with Crippen molar-refractivity contribution in [3.8, 4) is 0 Å². The normalized spacial score (nSPS) is 16.1. The predicted molar refractivity (Wildman–Crippen MR) is 78.7 cm³/mol. The topological polar surface area (TPSA) is 44.9 Å². The molecule has 0 bridgehead atoms. The van der Waals surface area contributed by atoms with Crippen molar-refractivity contribution < 1.29 is 0 Å². The van der Waals surface area contributed by atoms with Gasteiger partial charge in [-0.1, -0.05) is 28.1 Å². The Kier molecular flexibility index (Phi) is 2.90. The van der Waals surface area contributed by atoms with Crippen molar-refractivity contribution >= 4 is 32.5 Å². The summed E-state index contributed by atoms with van der Waals surface area (Å²) >= 11 is 3.55. The predicted octanol–water partition coefficient (Wildman–Crippen LogP) is 3.34. The van der Waals surface area contributed by atoms with E-state index in [2.05, 4.69) is 45.3 Å². The minimum Gasteiger partial charge on any atom is -0.384 e. The third-order valence-electron chi connectivity index (χ3n) is 3.50. The van der Waals surface area contributed by atoms with Gasteiger partial charge in [0.1, 0.15) is 0 Å². The number of benzene rings is 1. The van der Waals surface area contributed by atoms with E-state index in [4.69, 9.17) is 0 Å². The number of nitrogens with one attached hydrogen (secondary N) is 2. The lowest BCUT2D eigenvalue weighted by molar-refractivity contribution is 0.820. The van der Waals surface area contributed by atoms with Crippen LogP contribution in [-0.4, -0.2) is 11.5 Å². The van der Waals surface area contributed by atoms with E-state index >= 15 is 0 Å². The highest BCUT2D eigenvalue weighted by molar-refractivity contribution is 9.09. The van der Waals surface area contributed by atoms with Crippen molar-refractivity contribution in [1.29, 1.82) is 0 Å². The SMILES string of the molecule is CC(Br)c1ccc2c3c(c(=O)[nH]c2c1)CCCN3. The standard InChI is InChI=1S/C14H15BrN2O/c1-8(15)9-4-5-10-12(7-9)17-14(18)11-3-2-6-16-13(10)11/h4-5,7-8,16H,2-3,6H2,1H3,(H,17,18). The van der Waals surface area contributed by atoms with Gasteiger partial charge in [0.2, 0.25) is 0 Å². The molecular formula is C14H15BrN2O. The molecule has 2 heterocycles. The molecule has 18 heavy (non-hydrogen) atoms. The lowest BCUT2D eigenvalue weighted by atomic mass is 10.0. The number of anilines is 1. The van der Waals surface area contributed by atoms with Crippen molar-refractivity contribution in [3.05, 3.63) is 39.7 Å². The third-order valence-corrected chi connectivity index (χ3v) is 4.03. The summed E-state index contributed by atoms with van der Waals surface area (Å²) in [4.78, 5) is 15.3. The van der Waals surface area contributed by atoms with Gasteiger partial charge in [0.25, 0.3) is 5.56 Å². The Balaban J connectivity index is 2.30. The molecule has 1 aliphatic heterocycles. The zero-order chi connectivity index (χ0) is 12.7. The summed E-state index contributed by atoms with van der Waals surface area (Å²) in [6.45, 7) is 3.03. The van der Waals surface area contributed by atoms with Crippen LogP contribution in [0.1, 0.15) is 29.3 Å². The molecule has 0 saturated heterocycles. The molecule has 2 N–H and O–H groups in total. The monoisotopic (exact) mass is 306 g/mol. The fraction of sp³-hybridized carbons (Fsp3) is 0.357. The average molecular weight is 307 g/mol. The maximum Gasteiger partial charge on any atom is 0.253 e. The first kappa shape index (κ1) is 11.8. The van der Waals surface area contributed by atoms with E-state index < -0.39 is 0 Å². The Labute approximate surface area is 114 Å². The minimum atomic E-state index is 0.0454. The summed E-state index contributed by atoms with van der Waals surface area (Å²) in [5.41, 5.74) is 4.05. The van der Waals surface area contributed by atoms with E-state index in [0.29, 0.717) is 0 Å². The zero-order valence-electron chi connectivity index (χ0n) is 10.2. The molecule has 0 radical (unpaired) electrons. The fourth-order valence-electron chi connectivity index (χ4n) is 2.52. The number of aromatic nitrogens is 1. The molecule has 3 nitrogen and oxygen atoms in total. The molecule has 3 rings (SSSR count). The second-order valence-corrected chi connectivity index (χ2v) is 6.13. The molecule has 94 valence electrons. The van der Waals surface area contributed by atoms with E-state index in [9.17, 15) is 4.79 Å². The summed E-state index contributed by atoms with van der Waals surface area (Å²) in [6.07, 6.45) is 1.89. The molecule has 1 aromatic heterocycles. The van der Waals surface area contributed by atoms with Crippen LogP contribution in [0, 0.1) is 0 Å². The van der Waals surface area contributed by atoms with E-state index in [1.807, 2.05) is 6.07 Å². The zero-order valence-corrected chi connectivity index (χ0v) is 11.8. The molecule has 0 saturated carbocycles. The van der Waals surface area contributed by atoms with Crippen molar-refractivity contribution in [3.63, 3.8) is 0 Å². The largest absolute Gasteiger partial charge is 0.384 e. The van der Waals surface area contributed by atoms with Crippen LogP contribution in [-0.2, 0) is 6.42 Å². The summed E-state index contributed by atoms with van der Waals surface area (Å²) in [5.74, 6) is 0. The summed E-state index contributed by atoms with van der Waals surface area (Å²) < 4.78 is 0. The van der Waals surface area contributed by atoms with Crippen molar-refractivity contribution in [1.82, 2.24) is 4.98 Å². The lowest BCUT2D eigenvalue weighted by Crippen LogP contribution is -2.22. The highest BCUT2D eigenvalue weighted by Crippen LogP contribution is 2.30. The number of hydrogen-bond acceptors (Lipinski definition) is 2. The highest BCUT2D eigenvalue weighted by atomic mass is 79.9. The van der Waals surface area contributed by atoms with Crippen LogP contribution in [0.3, 0.4) is 0 Å². The third kappa shape index (κ3) is 1.85. The Morgan fingerprint density at radius 2 is 2.22 bits per heavy atom. The number of pyridine rings is 1. The van der Waals surface area contributed by atoms with E-state index in [-0.39, 0.29) is 10.4 Å². The Morgan fingerprint density at radius 1 is 1.39 bits per heavy atom. The van der Waals surface area contributed by atoms with Crippen molar-refractivity contribution in [2.45, 2.75) is 24.6 Å². The van der Waals surface area contributed by atoms with E-state index in [1.54, 1.807) is 0 Å². The van der Waals surface area contributed by atoms with Gasteiger partial charge in [-0.15, -0.1) is 0 Å². The first-order valence-corrected chi connectivity index (χ1v) is 7.15. The Bertz CT molecular complexity index is 661. The minimum absolute atomic E-state index is 0.0454. The molecule has 2 aromatic rings. The van der Waals surface area contributed by atoms with Gasteiger partial charge in [0, 0.05) is 22.3 Å². The molecule has 1 aliphatic rings. The van der Waals surface area contributed by atoms with Crippen LogP contribution in [0.25, 0.3) is 10.9 Å². The molecule has 1 atom stereocenters. The number of rotatable bonds is 1. The van der Waals surface area contributed by atoms with Crippen LogP contribution in [0.2, 0.25) is 0 Å². The quantitative estimate of drug-likeness (QED) is 0.794. The van der Waals surface area contributed by atoms with Crippen LogP contribution < -0.4 is 10.9 Å². The smallest absolute Gasteiger partial charge is 0.253 e. The second kappa shape index (κ2) is 4.43. The number of halogens is 1. The van der Waals surface area contributed by atoms with Gasteiger partial charge >= 0.3 is 0 Å². The van der Waals surface area contributed by atoms with Gasteiger partial charge < -0.3 is 10.3 Å². The Morgan fingerprint density at radius 3 is 3.00 bits per heavy atom. The van der Waals surface area contributed by atoms with Crippen LogP contribution in [0.5, 0.6) is 0 Å².